The average Bonchev–Trinajstić information content (AvgIpc) is 2.16. The van der Waals surface area contributed by atoms with Gasteiger partial charge in [-0.15, -0.1) is 0 Å². The summed E-state index contributed by atoms with van der Waals surface area (Å²) in [6, 6.07) is 6.49. The number of hydrogen-bond acceptors (Lipinski definition) is 2. The van der Waals surface area contributed by atoms with Crippen LogP contribution in [0.5, 0.6) is 5.75 Å². The van der Waals surface area contributed by atoms with E-state index in [9.17, 15) is 0 Å². The lowest BCUT2D eigenvalue weighted by molar-refractivity contribution is 0.413. The van der Waals surface area contributed by atoms with Gasteiger partial charge in [0.15, 0.2) is 0 Å². The number of rotatable bonds is 4. The van der Waals surface area contributed by atoms with Gasteiger partial charge >= 0.3 is 0 Å². The molecular formula is C11H16BrNO. The van der Waals surface area contributed by atoms with E-state index in [1.165, 1.54) is 5.56 Å². The van der Waals surface area contributed by atoms with E-state index in [-0.39, 0.29) is 0 Å². The van der Waals surface area contributed by atoms with Crippen LogP contribution in [0.25, 0.3) is 0 Å². The molecule has 1 rings (SSSR count). The van der Waals surface area contributed by atoms with Gasteiger partial charge in [0.1, 0.15) is 5.75 Å². The van der Waals surface area contributed by atoms with Crippen LogP contribution in [0, 0.1) is 0 Å². The third-order valence-electron chi connectivity index (χ3n) is 1.95. The number of benzene rings is 1. The quantitative estimate of drug-likeness (QED) is 0.896. The molecule has 14 heavy (non-hydrogen) atoms. The van der Waals surface area contributed by atoms with Gasteiger partial charge in [0, 0.05) is 17.1 Å². The second kappa shape index (κ2) is 5.37. The maximum atomic E-state index is 5.17. The van der Waals surface area contributed by atoms with E-state index in [1.54, 1.807) is 7.11 Å². The fourth-order valence-corrected chi connectivity index (χ4v) is 1.51. The lowest BCUT2D eigenvalue weighted by Gasteiger charge is -2.10. The fourth-order valence-electron chi connectivity index (χ4n) is 1.13. The lowest BCUT2D eigenvalue weighted by atomic mass is 10.2. The molecule has 0 unspecified atom stereocenters. The van der Waals surface area contributed by atoms with Gasteiger partial charge in [-0.1, -0.05) is 29.8 Å². The highest BCUT2D eigenvalue weighted by molar-refractivity contribution is 9.10. The third kappa shape index (κ3) is 3.31. The summed E-state index contributed by atoms with van der Waals surface area (Å²) >= 11 is 3.51. The van der Waals surface area contributed by atoms with E-state index >= 15 is 0 Å². The van der Waals surface area contributed by atoms with Crippen molar-refractivity contribution in [1.29, 1.82) is 0 Å². The maximum Gasteiger partial charge on any atom is 0.119 e. The van der Waals surface area contributed by atoms with Gasteiger partial charge in [0.05, 0.1) is 7.11 Å². The Balaban J connectivity index is 2.73. The first-order chi connectivity index (χ1) is 6.63. The van der Waals surface area contributed by atoms with Gasteiger partial charge in [0.2, 0.25) is 0 Å². The minimum Gasteiger partial charge on any atom is -0.497 e. The molecule has 0 atom stereocenters. The van der Waals surface area contributed by atoms with Crippen molar-refractivity contribution >= 4 is 15.9 Å². The Hall–Kier alpha value is -0.540. The molecule has 1 N–H and O–H groups in total. The van der Waals surface area contributed by atoms with E-state index in [1.807, 2.05) is 18.2 Å². The number of halogens is 1. The molecule has 0 bridgehead atoms. The maximum absolute atomic E-state index is 5.17. The zero-order valence-corrected chi connectivity index (χ0v) is 10.4. The van der Waals surface area contributed by atoms with Gasteiger partial charge < -0.3 is 10.1 Å². The largest absolute Gasteiger partial charge is 0.497 e. The third-order valence-corrected chi connectivity index (χ3v) is 2.73. The van der Waals surface area contributed by atoms with Crippen LogP contribution >= 0.6 is 15.9 Å². The van der Waals surface area contributed by atoms with Crippen LogP contribution in [0.2, 0.25) is 0 Å². The number of ether oxygens (including phenoxy) is 1. The summed E-state index contributed by atoms with van der Waals surface area (Å²) in [5.41, 5.74) is 1.22. The Morgan fingerprint density at radius 2 is 2.14 bits per heavy atom. The van der Waals surface area contributed by atoms with Gasteiger partial charge in [-0.25, -0.2) is 0 Å². The minimum absolute atomic E-state index is 0.494. The van der Waals surface area contributed by atoms with Gasteiger partial charge in [-0.2, -0.15) is 0 Å². The summed E-state index contributed by atoms with van der Waals surface area (Å²) in [6.07, 6.45) is 0. The Kier molecular flexibility index (Phi) is 4.42. The highest BCUT2D eigenvalue weighted by atomic mass is 79.9. The second-order valence-electron chi connectivity index (χ2n) is 3.49. The zero-order valence-electron chi connectivity index (χ0n) is 8.80. The van der Waals surface area contributed by atoms with Crippen molar-refractivity contribution in [3.05, 3.63) is 28.2 Å². The summed E-state index contributed by atoms with van der Waals surface area (Å²) < 4.78 is 6.29. The van der Waals surface area contributed by atoms with Crippen LogP contribution in [0.4, 0.5) is 0 Å². The van der Waals surface area contributed by atoms with Crippen LogP contribution < -0.4 is 10.1 Å². The molecule has 1 aromatic rings. The highest BCUT2D eigenvalue weighted by Crippen LogP contribution is 2.22. The summed E-state index contributed by atoms with van der Waals surface area (Å²) in [6.45, 7) is 5.12. The first kappa shape index (κ1) is 11.5. The molecule has 0 fully saturated rings. The van der Waals surface area contributed by atoms with Crippen molar-refractivity contribution in [2.24, 2.45) is 0 Å². The van der Waals surface area contributed by atoms with Crippen molar-refractivity contribution < 1.29 is 4.74 Å². The normalized spacial score (nSPS) is 10.6. The van der Waals surface area contributed by atoms with Crippen LogP contribution in [-0.4, -0.2) is 13.2 Å². The molecule has 3 heteroatoms. The smallest absolute Gasteiger partial charge is 0.119 e. The molecule has 0 radical (unpaired) electrons. The fraction of sp³-hybridized carbons (Fsp3) is 0.455. The minimum atomic E-state index is 0.494. The Labute approximate surface area is 93.8 Å². The van der Waals surface area contributed by atoms with Crippen LogP contribution in [0.15, 0.2) is 22.7 Å². The van der Waals surface area contributed by atoms with Crippen molar-refractivity contribution in [3.8, 4) is 5.75 Å². The number of hydrogen-bond donors (Lipinski definition) is 1. The molecular weight excluding hydrogens is 242 g/mol. The molecule has 0 saturated heterocycles. The molecule has 1 aromatic carbocycles. The molecule has 0 aliphatic rings. The van der Waals surface area contributed by atoms with Crippen LogP contribution in [-0.2, 0) is 6.54 Å². The summed E-state index contributed by atoms with van der Waals surface area (Å²) in [7, 11) is 1.68. The Morgan fingerprint density at radius 3 is 2.71 bits per heavy atom. The van der Waals surface area contributed by atoms with Gasteiger partial charge in [-0.3, -0.25) is 0 Å². The average molecular weight is 258 g/mol. The molecule has 0 aliphatic carbocycles. The van der Waals surface area contributed by atoms with Crippen LogP contribution in [0.1, 0.15) is 19.4 Å². The molecule has 2 nitrogen and oxygen atoms in total. The monoisotopic (exact) mass is 257 g/mol. The topological polar surface area (TPSA) is 21.3 Å². The number of methoxy groups -OCH3 is 1. The molecule has 0 aliphatic heterocycles. The Morgan fingerprint density at radius 1 is 1.43 bits per heavy atom. The van der Waals surface area contributed by atoms with E-state index in [0.717, 1.165) is 16.8 Å². The van der Waals surface area contributed by atoms with E-state index < -0.39 is 0 Å². The van der Waals surface area contributed by atoms with Crippen molar-refractivity contribution in [2.45, 2.75) is 26.4 Å². The highest BCUT2D eigenvalue weighted by Gasteiger charge is 2.02. The van der Waals surface area contributed by atoms with Crippen molar-refractivity contribution in [1.82, 2.24) is 5.32 Å². The van der Waals surface area contributed by atoms with Crippen LogP contribution in [0.3, 0.4) is 0 Å². The molecule has 0 aromatic heterocycles. The SMILES string of the molecule is COc1ccc(Br)c(CNC(C)C)c1. The van der Waals surface area contributed by atoms with Crippen molar-refractivity contribution in [3.63, 3.8) is 0 Å². The van der Waals surface area contributed by atoms with E-state index in [4.69, 9.17) is 4.74 Å². The molecule has 0 heterocycles. The predicted molar refractivity (Wildman–Crippen MR) is 62.7 cm³/mol. The first-order valence-electron chi connectivity index (χ1n) is 4.69. The number of nitrogens with one attached hydrogen (secondary N) is 1. The summed E-state index contributed by atoms with van der Waals surface area (Å²) in [4.78, 5) is 0. The molecule has 0 amide bonds. The summed E-state index contributed by atoms with van der Waals surface area (Å²) in [5, 5.41) is 3.37. The molecule has 0 spiro atoms. The molecule has 78 valence electrons. The molecule has 0 saturated carbocycles. The first-order valence-corrected chi connectivity index (χ1v) is 5.48. The van der Waals surface area contributed by atoms with E-state index in [2.05, 4.69) is 35.1 Å². The Bertz CT molecular complexity index is 299. The van der Waals surface area contributed by atoms with Crippen molar-refractivity contribution in [2.75, 3.05) is 7.11 Å². The standard InChI is InChI=1S/C11H16BrNO/c1-8(2)13-7-9-6-10(14-3)4-5-11(9)12/h4-6,8,13H,7H2,1-3H3. The lowest BCUT2D eigenvalue weighted by Crippen LogP contribution is -2.22. The van der Waals surface area contributed by atoms with Gasteiger partial charge in [0.25, 0.3) is 0 Å². The van der Waals surface area contributed by atoms with E-state index in [0.29, 0.717) is 6.04 Å². The van der Waals surface area contributed by atoms with Gasteiger partial charge in [-0.05, 0) is 23.8 Å². The summed E-state index contributed by atoms with van der Waals surface area (Å²) in [5.74, 6) is 0.897. The zero-order chi connectivity index (χ0) is 10.6. The predicted octanol–water partition coefficient (Wildman–Crippen LogP) is 2.96. The second-order valence-corrected chi connectivity index (χ2v) is 4.35.